The Morgan fingerprint density at radius 3 is 2.18 bits per heavy atom. The molecule has 1 fully saturated rings. The highest BCUT2D eigenvalue weighted by Crippen LogP contribution is 2.43. The summed E-state index contributed by atoms with van der Waals surface area (Å²) in [4.78, 5) is 48.8. The zero-order chi connectivity index (χ0) is 32.4. The maximum absolute atomic E-state index is 15.6. The number of carbonyl (C=O) groups excluding carboxylic acids is 2. The van der Waals surface area contributed by atoms with Crippen LogP contribution in [0.2, 0.25) is 0 Å². The molecule has 2 aromatic carbocycles. The zero-order valence-corrected chi connectivity index (χ0v) is 26.3. The molecule has 0 aliphatic heterocycles. The third-order valence-electron chi connectivity index (χ3n) is 7.86. The predicted molar refractivity (Wildman–Crippen MR) is 166 cm³/mol. The molecule has 0 spiro atoms. The number of ketones is 2. The molecule has 2 heterocycles. The fourth-order valence-electron chi connectivity index (χ4n) is 5.14. The minimum Gasteiger partial charge on any atom is -0.493 e. The van der Waals surface area contributed by atoms with E-state index in [0.29, 0.717) is 45.2 Å². The van der Waals surface area contributed by atoms with Crippen molar-refractivity contribution in [3.8, 4) is 23.0 Å². The summed E-state index contributed by atoms with van der Waals surface area (Å²) < 4.78 is 39.4. The van der Waals surface area contributed by atoms with Gasteiger partial charge in [-0.15, -0.1) is 22.7 Å². The Kier molecular flexibility index (Phi) is 9.59. The normalized spacial score (nSPS) is 16.6. The summed E-state index contributed by atoms with van der Waals surface area (Å²) in [5.74, 6) is -4.36. The van der Waals surface area contributed by atoms with Crippen molar-refractivity contribution in [2.75, 3.05) is 27.4 Å². The van der Waals surface area contributed by atoms with E-state index >= 15 is 4.39 Å². The maximum atomic E-state index is 15.6. The van der Waals surface area contributed by atoms with Crippen LogP contribution in [-0.4, -0.2) is 61.2 Å². The average molecular weight is 659 g/mol. The SMILES string of the molecule is COc1cc2sc(C(=O)CC(C)C(=O)O)cc2cc1OCCCOc1c(OC)cc2sc(C(=O)[C@@H]3CC[C@H]3C(=O)O)cc2c1F. The van der Waals surface area contributed by atoms with Gasteiger partial charge in [-0.25, -0.2) is 4.39 Å². The van der Waals surface area contributed by atoms with Crippen LogP contribution in [0.1, 0.15) is 52.0 Å². The van der Waals surface area contributed by atoms with Crippen molar-refractivity contribution in [2.24, 2.45) is 17.8 Å². The molecule has 5 rings (SSSR count). The number of carbonyl (C=O) groups is 4. The van der Waals surface area contributed by atoms with Crippen LogP contribution >= 0.6 is 22.7 Å². The zero-order valence-electron chi connectivity index (χ0n) is 24.7. The molecule has 13 heteroatoms. The molecular formula is C32H31FO10S2. The molecule has 0 bridgehead atoms. The van der Waals surface area contributed by atoms with Gasteiger partial charge in [0.2, 0.25) is 0 Å². The number of carboxylic acid groups (broad SMARTS) is 2. The van der Waals surface area contributed by atoms with Crippen LogP contribution in [0.25, 0.3) is 20.2 Å². The maximum Gasteiger partial charge on any atom is 0.307 e. The molecule has 1 aliphatic rings. The van der Waals surface area contributed by atoms with Gasteiger partial charge in [-0.3, -0.25) is 19.2 Å². The van der Waals surface area contributed by atoms with E-state index in [1.165, 1.54) is 38.5 Å². The van der Waals surface area contributed by atoms with Gasteiger partial charge >= 0.3 is 11.9 Å². The monoisotopic (exact) mass is 658 g/mol. The summed E-state index contributed by atoms with van der Waals surface area (Å²) >= 11 is 2.35. The van der Waals surface area contributed by atoms with Crippen LogP contribution < -0.4 is 18.9 Å². The van der Waals surface area contributed by atoms with Gasteiger partial charge in [-0.1, -0.05) is 6.92 Å². The molecule has 1 unspecified atom stereocenters. The standard InChI is InChI=1S/C32H31FO10S2/c1-15(31(36)37)9-20(34)26-11-16-10-22(21(40-2)13-24(16)44-26)42-7-4-8-43-30-23(41-3)14-25-19(28(30)33)12-27(45-25)29(35)17-5-6-18(17)32(38)39/h10-15,17-18H,4-9H2,1-3H3,(H,36,37)(H,38,39)/t15?,17-,18-/m1/s1. The van der Waals surface area contributed by atoms with Crippen molar-refractivity contribution in [1.82, 2.24) is 0 Å². The smallest absolute Gasteiger partial charge is 0.307 e. The van der Waals surface area contributed by atoms with Crippen molar-refractivity contribution < 1.29 is 52.7 Å². The highest BCUT2D eigenvalue weighted by molar-refractivity contribution is 7.21. The summed E-state index contributed by atoms with van der Waals surface area (Å²) in [6.45, 7) is 1.77. The Balaban J connectivity index is 1.23. The van der Waals surface area contributed by atoms with E-state index in [2.05, 4.69) is 0 Å². The van der Waals surface area contributed by atoms with E-state index in [9.17, 15) is 24.3 Å². The fourth-order valence-corrected chi connectivity index (χ4v) is 7.25. The van der Waals surface area contributed by atoms with Crippen LogP contribution in [0.15, 0.2) is 30.3 Å². The number of benzene rings is 2. The molecular weight excluding hydrogens is 627 g/mol. The van der Waals surface area contributed by atoms with E-state index in [4.69, 9.17) is 24.1 Å². The lowest BCUT2D eigenvalue weighted by Crippen LogP contribution is -2.37. The highest BCUT2D eigenvalue weighted by Gasteiger charge is 2.42. The van der Waals surface area contributed by atoms with Crippen molar-refractivity contribution in [1.29, 1.82) is 0 Å². The summed E-state index contributed by atoms with van der Waals surface area (Å²) in [7, 11) is 2.89. The van der Waals surface area contributed by atoms with Gasteiger partial charge < -0.3 is 29.2 Å². The molecule has 0 saturated heterocycles. The van der Waals surface area contributed by atoms with E-state index in [1.54, 1.807) is 24.3 Å². The molecule has 4 aromatic rings. The van der Waals surface area contributed by atoms with E-state index < -0.39 is 35.5 Å². The third kappa shape index (κ3) is 6.59. The first-order valence-electron chi connectivity index (χ1n) is 14.2. The van der Waals surface area contributed by atoms with Gasteiger partial charge in [-0.2, -0.15) is 0 Å². The Morgan fingerprint density at radius 1 is 0.867 bits per heavy atom. The Labute approximate surface area is 265 Å². The molecule has 0 amide bonds. The number of aliphatic carboxylic acids is 2. The second-order valence-electron chi connectivity index (χ2n) is 10.8. The molecule has 238 valence electrons. The van der Waals surface area contributed by atoms with E-state index in [1.807, 2.05) is 0 Å². The quantitative estimate of drug-likeness (QED) is 0.104. The lowest BCUT2D eigenvalue weighted by Gasteiger charge is -2.31. The largest absolute Gasteiger partial charge is 0.493 e. The topological polar surface area (TPSA) is 146 Å². The van der Waals surface area contributed by atoms with E-state index in [-0.39, 0.29) is 48.1 Å². The van der Waals surface area contributed by atoms with Crippen molar-refractivity contribution in [3.05, 3.63) is 45.9 Å². The molecule has 2 N–H and O–H groups in total. The number of rotatable bonds is 15. The lowest BCUT2D eigenvalue weighted by molar-refractivity contribution is -0.146. The number of carboxylic acids is 2. The van der Waals surface area contributed by atoms with Gasteiger partial charge in [0.1, 0.15) is 0 Å². The summed E-state index contributed by atoms with van der Waals surface area (Å²) in [6, 6.07) is 8.26. The minimum atomic E-state index is -1.03. The van der Waals surface area contributed by atoms with Crippen LogP contribution in [-0.2, 0) is 9.59 Å². The Hall–Kier alpha value is -4.23. The number of ether oxygens (including phenoxy) is 4. The number of halogens is 1. The second kappa shape index (κ2) is 13.4. The number of fused-ring (bicyclic) bond motifs is 2. The number of methoxy groups -OCH3 is 2. The van der Waals surface area contributed by atoms with Crippen molar-refractivity contribution in [3.63, 3.8) is 0 Å². The average Bonchev–Trinajstić information content (AvgIpc) is 3.60. The van der Waals surface area contributed by atoms with Crippen LogP contribution in [0.3, 0.4) is 0 Å². The van der Waals surface area contributed by atoms with Gasteiger partial charge in [0, 0.05) is 45.7 Å². The number of thiophene rings is 2. The fraction of sp³-hybridized carbons (Fsp3) is 0.375. The van der Waals surface area contributed by atoms with Gasteiger partial charge in [0.15, 0.2) is 40.4 Å². The number of Topliss-reactive ketones (excluding diaryl/α,β-unsaturated/α-hetero) is 2. The second-order valence-corrected chi connectivity index (χ2v) is 13.0. The minimum absolute atomic E-state index is 0.0838. The van der Waals surface area contributed by atoms with Crippen molar-refractivity contribution >= 4 is 66.4 Å². The van der Waals surface area contributed by atoms with Crippen LogP contribution in [0.5, 0.6) is 23.0 Å². The molecule has 1 aliphatic carbocycles. The molecule has 3 atom stereocenters. The number of hydrogen-bond acceptors (Lipinski definition) is 10. The van der Waals surface area contributed by atoms with Crippen LogP contribution in [0, 0.1) is 23.6 Å². The van der Waals surface area contributed by atoms with E-state index in [0.717, 1.165) is 21.4 Å². The van der Waals surface area contributed by atoms with Gasteiger partial charge in [0.25, 0.3) is 0 Å². The molecule has 10 nitrogen and oxygen atoms in total. The van der Waals surface area contributed by atoms with Gasteiger partial charge in [0.05, 0.1) is 49.0 Å². The first-order chi connectivity index (χ1) is 21.5. The first-order valence-corrected chi connectivity index (χ1v) is 15.9. The van der Waals surface area contributed by atoms with Crippen molar-refractivity contribution in [2.45, 2.75) is 32.6 Å². The summed E-state index contributed by atoms with van der Waals surface area (Å²) in [5, 5.41) is 19.4. The lowest BCUT2D eigenvalue weighted by atomic mass is 9.71. The molecule has 1 saturated carbocycles. The molecule has 2 aromatic heterocycles. The predicted octanol–water partition coefficient (Wildman–Crippen LogP) is 6.71. The summed E-state index contributed by atoms with van der Waals surface area (Å²) in [6.07, 6.45) is 1.22. The molecule has 0 radical (unpaired) electrons. The van der Waals surface area contributed by atoms with Crippen LogP contribution in [0.4, 0.5) is 4.39 Å². The highest BCUT2D eigenvalue weighted by atomic mass is 32.1. The van der Waals surface area contributed by atoms with Gasteiger partial charge in [-0.05, 0) is 36.4 Å². The third-order valence-corrected chi connectivity index (χ3v) is 10.1. The Bertz CT molecular complexity index is 1790. The number of hydrogen-bond donors (Lipinski definition) is 2. The summed E-state index contributed by atoms with van der Waals surface area (Å²) in [5.41, 5.74) is 0. The Morgan fingerprint density at radius 2 is 1.53 bits per heavy atom. The molecule has 45 heavy (non-hydrogen) atoms. The first kappa shape index (κ1) is 32.2.